The first-order valence-corrected chi connectivity index (χ1v) is 16.1. The first-order chi connectivity index (χ1) is 23.8. The smallest absolute Gasteiger partial charge is 0.162 e. The van der Waals surface area contributed by atoms with E-state index < -0.39 is 0 Å². The van der Waals surface area contributed by atoms with Crippen LogP contribution in [0.25, 0.3) is 82.3 Å². The maximum atomic E-state index is 6.60. The van der Waals surface area contributed by atoms with Crippen LogP contribution < -0.4 is 4.74 Å². The summed E-state index contributed by atoms with van der Waals surface area (Å²) < 4.78 is 13.4. The van der Waals surface area contributed by atoms with E-state index in [9.17, 15) is 0 Å². The number of hydrogen-bond acceptors (Lipinski definition) is 3. The number of imidazole rings is 1. The van der Waals surface area contributed by atoms with Gasteiger partial charge in [0.25, 0.3) is 0 Å². The zero-order valence-electron chi connectivity index (χ0n) is 25.6. The summed E-state index contributed by atoms with van der Waals surface area (Å²) in [5, 5.41) is 7.18. The van der Waals surface area contributed by atoms with Gasteiger partial charge in [0.2, 0.25) is 0 Å². The van der Waals surface area contributed by atoms with Crippen molar-refractivity contribution in [3.05, 3.63) is 152 Å². The van der Waals surface area contributed by atoms with Crippen LogP contribution in [0.2, 0.25) is 0 Å². The molecule has 6 aromatic carbocycles. The number of fused-ring (bicyclic) bond motifs is 11. The minimum Gasteiger partial charge on any atom is -0.457 e. The van der Waals surface area contributed by atoms with Crippen LogP contribution in [0.1, 0.15) is 0 Å². The number of hydrogen-bond donors (Lipinski definition) is 0. The van der Waals surface area contributed by atoms with Gasteiger partial charge in [-0.1, -0.05) is 72.8 Å². The average Bonchev–Trinajstić information content (AvgIpc) is 3.81. The number of nitrogens with zero attached hydrogens (tertiary/aromatic N) is 5. The summed E-state index contributed by atoms with van der Waals surface area (Å²) in [6.45, 7) is 0. The van der Waals surface area contributed by atoms with Crippen molar-refractivity contribution in [1.29, 1.82) is 0 Å². The molecule has 0 aliphatic rings. The van der Waals surface area contributed by atoms with E-state index in [0.29, 0.717) is 0 Å². The van der Waals surface area contributed by atoms with E-state index >= 15 is 0 Å². The quantitative estimate of drug-likeness (QED) is 0.199. The maximum absolute atomic E-state index is 6.60. The summed E-state index contributed by atoms with van der Waals surface area (Å²) in [5.74, 6) is 1.51. The predicted molar refractivity (Wildman–Crippen MR) is 195 cm³/mol. The lowest BCUT2D eigenvalue weighted by atomic mass is 10.0. The molecule has 0 unspecified atom stereocenters. The van der Waals surface area contributed by atoms with E-state index in [0.717, 1.165) is 61.3 Å². The molecule has 0 N–H and O–H groups in total. The number of benzene rings is 6. The minimum atomic E-state index is 0.753. The van der Waals surface area contributed by atoms with E-state index in [1.165, 1.54) is 32.4 Å². The number of aromatic nitrogens is 5. The van der Waals surface area contributed by atoms with E-state index in [1.54, 1.807) is 0 Å². The normalized spacial score (nSPS) is 12.2. The summed E-state index contributed by atoms with van der Waals surface area (Å²) in [6.07, 6.45) is 3.75. The second-order valence-corrected chi connectivity index (χ2v) is 12.3. The van der Waals surface area contributed by atoms with Crippen molar-refractivity contribution in [2.75, 3.05) is 0 Å². The summed E-state index contributed by atoms with van der Waals surface area (Å²) in [5.41, 5.74) is 9.47. The van der Waals surface area contributed by atoms with E-state index in [2.05, 4.69) is 121 Å². The largest absolute Gasteiger partial charge is 0.457 e. The second kappa shape index (κ2) is 9.44. The summed E-state index contributed by atoms with van der Waals surface area (Å²) in [7, 11) is 0. The molecular formula is C42H25N5O. The van der Waals surface area contributed by atoms with E-state index in [-0.39, 0.29) is 0 Å². The van der Waals surface area contributed by atoms with Gasteiger partial charge in [0.05, 0.1) is 44.3 Å². The molecule has 11 rings (SSSR count). The molecule has 0 atom stereocenters. The molecule has 0 fully saturated rings. The van der Waals surface area contributed by atoms with Crippen molar-refractivity contribution in [2.24, 2.45) is 0 Å². The molecule has 5 heterocycles. The van der Waals surface area contributed by atoms with Crippen molar-refractivity contribution < 1.29 is 4.74 Å². The fourth-order valence-corrected chi connectivity index (χ4v) is 7.77. The summed E-state index contributed by atoms with van der Waals surface area (Å²) in [6, 6.07) is 48.9. The molecule has 0 aliphatic heterocycles. The minimum absolute atomic E-state index is 0.753. The Kier molecular flexibility index (Phi) is 5.02. The molecule has 11 aromatic rings. The zero-order chi connectivity index (χ0) is 31.3. The fraction of sp³-hybridized carbons (Fsp3) is 0. The Hall–Kier alpha value is -6.66. The molecule has 0 amide bonds. The Balaban J connectivity index is 1.20. The SMILES string of the molecule is c1cc(Oc2ccc3c4cccc5c6cccc7c8ccccc8n(c8cccnc8n(c3c2)c45)c76)cc(-n2cnc3ccccc32)c1. The maximum Gasteiger partial charge on any atom is 0.162 e. The van der Waals surface area contributed by atoms with Crippen molar-refractivity contribution in [3.8, 4) is 17.2 Å². The second-order valence-electron chi connectivity index (χ2n) is 12.3. The Labute approximate surface area is 273 Å². The van der Waals surface area contributed by atoms with Crippen molar-refractivity contribution in [2.45, 2.75) is 0 Å². The molecule has 224 valence electrons. The molecule has 0 saturated heterocycles. The highest BCUT2D eigenvalue weighted by molar-refractivity contribution is 6.25. The number of ether oxygens (including phenoxy) is 1. The topological polar surface area (TPSA) is 48.8 Å². The van der Waals surface area contributed by atoms with Gasteiger partial charge in [0, 0.05) is 50.6 Å². The Morgan fingerprint density at radius 2 is 1.08 bits per heavy atom. The van der Waals surface area contributed by atoms with Crippen molar-refractivity contribution in [3.63, 3.8) is 0 Å². The highest BCUT2D eigenvalue weighted by Crippen LogP contribution is 2.41. The first-order valence-electron chi connectivity index (χ1n) is 16.1. The number of pyridine rings is 1. The molecule has 0 aliphatic carbocycles. The van der Waals surface area contributed by atoms with Crippen LogP contribution in [0, 0.1) is 0 Å². The van der Waals surface area contributed by atoms with Gasteiger partial charge in [0.1, 0.15) is 17.8 Å². The molecule has 0 spiro atoms. The lowest BCUT2D eigenvalue weighted by Gasteiger charge is -2.11. The Bertz CT molecular complexity index is 3110. The van der Waals surface area contributed by atoms with Gasteiger partial charge in [-0.25, -0.2) is 9.97 Å². The standard InChI is InChI=1S/C42H25N5O/c1-3-17-36-29(11-1)31-12-6-14-33-34-15-7-13-32-30-21-20-28(24-39(30)47(41(32)34)42-38(19-8-22-43-42)46(36)40(31)33)48-27-10-5-9-26(23-27)45-25-44-35-16-2-4-18-37(35)45/h1-25H. The van der Waals surface area contributed by atoms with Gasteiger partial charge < -0.3 is 9.14 Å². The lowest BCUT2D eigenvalue weighted by Crippen LogP contribution is -1.96. The van der Waals surface area contributed by atoms with E-state index in [1.807, 2.05) is 48.9 Å². The zero-order valence-corrected chi connectivity index (χ0v) is 25.6. The van der Waals surface area contributed by atoms with Crippen LogP contribution in [0.5, 0.6) is 11.5 Å². The average molecular weight is 616 g/mol. The van der Waals surface area contributed by atoms with Crippen LogP contribution in [-0.4, -0.2) is 23.3 Å². The van der Waals surface area contributed by atoms with Gasteiger partial charge in [-0.3, -0.25) is 8.97 Å². The Morgan fingerprint density at radius 1 is 0.438 bits per heavy atom. The lowest BCUT2D eigenvalue weighted by molar-refractivity contribution is 0.483. The Morgan fingerprint density at radius 3 is 1.94 bits per heavy atom. The van der Waals surface area contributed by atoms with E-state index in [4.69, 9.17) is 9.72 Å². The summed E-state index contributed by atoms with van der Waals surface area (Å²) >= 11 is 0. The van der Waals surface area contributed by atoms with Gasteiger partial charge >= 0.3 is 0 Å². The van der Waals surface area contributed by atoms with Gasteiger partial charge in [-0.15, -0.1) is 0 Å². The van der Waals surface area contributed by atoms with Gasteiger partial charge in [-0.05, 0) is 54.6 Å². The van der Waals surface area contributed by atoms with Crippen molar-refractivity contribution in [1.82, 2.24) is 23.3 Å². The van der Waals surface area contributed by atoms with Gasteiger partial charge in [-0.2, -0.15) is 0 Å². The molecule has 6 heteroatoms. The molecule has 6 nitrogen and oxygen atoms in total. The van der Waals surface area contributed by atoms with Crippen LogP contribution in [-0.2, 0) is 0 Å². The fourth-order valence-electron chi connectivity index (χ4n) is 7.77. The highest BCUT2D eigenvalue weighted by Gasteiger charge is 2.19. The highest BCUT2D eigenvalue weighted by atomic mass is 16.5. The first kappa shape index (κ1) is 25.5. The van der Waals surface area contributed by atoms with Crippen LogP contribution >= 0.6 is 0 Å². The third-order valence-corrected chi connectivity index (χ3v) is 9.75. The van der Waals surface area contributed by atoms with Crippen LogP contribution in [0.4, 0.5) is 0 Å². The van der Waals surface area contributed by atoms with Crippen LogP contribution in [0.15, 0.2) is 152 Å². The molecule has 0 saturated carbocycles. The summed E-state index contributed by atoms with van der Waals surface area (Å²) in [4.78, 5) is 9.66. The molecular weight excluding hydrogens is 590 g/mol. The monoisotopic (exact) mass is 615 g/mol. The number of rotatable bonds is 3. The van der Waals surface area contributed by atoms with Gasteiger partial charge in [0.15, 0.2) is 5.65 Å². The molecule has 0 radical (unpaired) electrons. The molecule has 0 bridgehead atoms. The van der Waals surface area contributed by atoms with Crippen molar-refractivity contribution >= 4 is 76.6 Å². The third-order valence-electron chi connectivity index (χ3n) is 9.75. The molecule has 5 aromatic heterocycles. The number of para-hydroxylation sites is 5. The van der Waals surface area contributed by atoms with Crippen LogP contribution in [0.3, 0.4) is 0 Å². The predicted octanol–water partition coefficient (Wildman–Crippen LogP) is 10.5. The third kappa shape index (κ3) is 3.40. The molecule has 48 heavy (non-hydrogen) atoms.